The molecule has 1 aromatic carbocycles. The summed E-state index contributed by atoms with van der Waals surface area (Å²) < 4.78 is 11.6. The largest absolute Gasteiger partial charge is 0.492 e. The topological polar surface area (TPSA) is 44.5 Å². The molecule has 100 valence electrons. The van der Waals surface area contributed by atoms with Crippen molar-refractivity contribution in [2.24, 2.45) is 5.92 Å². The van der Waals surface area contributed by atoms with Gasteiger partial charge in [0.2, 0.25) is 0 Å². The molecule has 1 fully saturated rings. The predicted octanol–water partition coefficient (Wildman–Crippen LogP) is 3.63. The fraction of sp³-hybridized carbons (Fsp3) is 0.600. The SMILES string of the molecule is CCOc1cccc(OC2CCCCC2C)c1N. The Kier molecular flexibility index (Phi) is 4.34. The van der Waals surface area contributed by atoms with E-state index in [9.17, 15) is 0 Å². The fourth-order valence-corrected chi connectivity index (χ4v) is 2.53. The van der Waals surface area contributed by atoms with Crippen molar-refractivity contribution in [1.29, 1.82) is 0 Å². The van der Waals surface area contributed by atoms with Crippen LogP contribution in [0.3, 0.4) is 0 Å². The molecule has 0 radical (unpaired) electrons. The van der Waals surface area contributed by atoms with E-state index in [1.54, 1.807) is 0 Å². The minimum Gasteiger partial charge on any atom is -0.492 e. The van der Waals surface area contributed by atoms with Gasteiger partial charge in [0.25, 0.3) is 0 Å². The average Bonchev–Trinajstić information content (AvgIpc) is 2.37. The maximum atomic E-state index is 6.08. The van der Waals surface area contributed by atoms with E-state index in [-0.39, 0.29) is 6.10 Å². The highest BCUT2D eigenvalue weighted by Gasteiger charge is 2.23. The number of hydrogen-bond acceptors (Lipinski definition) is 3. The van der Waals surface area contributed by atoms with E-state index in [2.05, 4.69) is 6.92 Å². The second kappa shape index (κ2) is 5.98. The van der Waals surface area contributed by atoms with Crippen molar-refractivity contribution >= 4 is 5.69 Å². The van der Waals surface area contributed by atoms with Gasteiger partial charge in [-0.25, -0.2) is 0 Å². The number of ether oxygens (including phenoxy) is 2. The van der Waals surface area contributed by atoms with Gasteiger partial charge in [0.05, 0.1) is 6.61 Å². The highest BCUT2D eigenvalue weighted by molar-refractivity contribution is 5.62. The van der Waals surface area contributed by atoms with Crippen LogP contribution in [0.15, 0.2) is 18.2 Å². The molecule has 2 atom stereocenters. The zero-order chi connectivity index (χ0) is 13.0. The number of hydrogen-bond donors (Lipinski definition) is 1. The van der Waals surface area contributed by atoms with Crippen LogP contribution in [0.2, 0.25) is 0 Å². The summed E-state index contributed by atoms with van der Waals surface area (Å²) >= 11 is 0. The first-order chi connectivity index (χ1) is 8.72. The molecule has 2 unspecified atom stereocenters. The number of anilines is 1. The third kappa shape index (κ3) is 2.89. The quantitative estimate of drug-likeness (QED) is 0.829. The lowest BCUT2D eigenvalue weighted by Gasteiger charge is -2.29. The first kappa shape index (κ1) is 13.1. The van der Waals surface area contributed by atoms with Gasteiger partial charge in [0, 0.05) is 0 Å². The second-order valence-electron chi connectivity index (χ2n) is 5.02. The molecule has 1 aliphatic carbocycles. The number of nitrogens with two attached hydrogens (primary N) is 1. The molecule has 2 rings (SSSR count). The Labute approximate surface area is 109 Å². The highest BCUT2D eigenvalue weighted by atomic mass is 16.5. The maximum Gasteiger partial charge on any atom is 0.146 e. The van der Waals surface area contributed by atoms with E-state index in [1.165, 1.54) is 19.3 Å². The summed E-state index contributed by atoms with van der Waals surface area (Å²) in [6, 6.07) is 5.75. The Hall–Kier alpha value is -1.38. The van der Waals surface area contributed by atoms with E-state index in [0.29, 0.717) is 18.2 Å². The molecule has 0 saturated heterocycles. The van der Waals surface area contributed by atoms with Crippen LogP contribution in [0.1, 0.15) is 39.5 Å². The third-order valence-electron chi connectivity index (χ3n) is 3.64. The van der Waals surface area contributed by atoms with Crippen molar-refractivity contribution < 1.29 is 9.47 Å². The van der Waals surface area contributed by atoms with Crippen molar-refractivity contribution in [1.82, 2.24) is 0 Å². The number of para-hydroxylation sites is 1. The molecule has 18 heavy (non-hydrogen) atoms. The summed E-state index contributed by atoms with van der Waals surface area (Å²) in [6.45, 7) is 4.83. The van der Waals surface area contributed by atoms with E-state index in [1.807, 2.05) is 25.1 Å². The third-order valence-corrected chi connectivity index (χ3v) is 3.64. The molecule has 0 amide bonds. The summed E-state index contributed by atoms with van der Waals surface area (Å²) in [7, 11) is 0. The maximum absolute atomic E-state index is 6.08. The van der Waals surface area contributed by atoms with Crippen LogP contribution < -0.4 is 15.2 Å². The first-order valence-electron chi connectivity index (χ1n) is 6.90. The van der Waals surface area contributed by atoms with Gasteiger partial charge in [-0.15, -0.1) is 0 Å². The van der Waals surface area contributed by atoms with Gasteiger partial charge in [-0.3, -0.25) is 0 Å². The van der Waals surface area contributed by atoms with Gasteiger partial charge in [-0.2, -0.15) is 0 Å². The second-order valence-corrected chi connectivity index (χ2v) is 5.02. The molecule has 2 N–H and O–H groups in total. The average molecular weight is 249 g/mol. The fourth-order valence-electron chi connectivity index (χ4n) is 2.53. The highest BCUT2D eigenvalue weighted by Crippen LogP contribution is 2.35. The Morgan fingerprint density at radius 1 is 1.22 bits per heavy atom. The molecule has 1 saturated carbocycles. The molecular formula is C15H23NO2. The Bertz CT molecular complexity index is 392. The van der Waals surface area contributed by atoms with E-state index < -0.39 is 0 Å². The van der Waals surface area contributed by atoms with Gasteiger partial charge in [0.15, 0.2) is 0 Å². The smallest absolute Gasteiger partial charge is 0.146 e. The number of nitrogen functional groups attached to an aromatic ring is 1. The van der Waals surface area contributed by atoms with Crippen LogP contribution in [0, 0.1) is 5.92 Å². The molecule has 0 heterocycles. The molecule has 0 bridgehead atoms. The number of rotatable bonds is 4. The summed E-state index contributed by atoms with van der Waals surface area (Å²) in [5, 5.41) is 0. The Morgan fingerprint density at radius 2 is 1.94 bits per heavy atom. The van der Waals surface area contributed by atoms with Crippen LogP contribution in [-0.2, 0) is 0 Å². The summed E-state index contributed by atoms with van der Waals surface area (Å²) in [6.07, 6.45) is 5.23. The minimum absolute atomic E-state index is 0.290. The van der Waals surface area contributed by atoms with Gasteiger partial charge >= 0.3 is 0 Å². The van der Waals surface area contributed by atoms with Crippen LogP contribution in [-0.4, -0.2) is 12.7 Å². The van der Waals surface area contributed by atoms with E-state index in [4.69, 9.17) is 15.2 Å². The number of benzene rings is 1. The van der Waals surface area contributed by atoms with Gasteiger partial charge < -0.3 is 15.2 Å². The zero-order valence-electron chi connectivity index (χ0n) is 11.3. The molecule has 0 aliphatic heterocycles. The minimum atomic E-state index is 0.290. The normalized spacial score (nSPS) is 23.7. The van der Waals surface area contributed by atoms with Crippen LogP contribution in [0.25, 0.3) is 0 Å². The van der Waals surface area contributed by atoms with Gasteiger partial charge in [0.1, 0.15) is 23.3 Å². The predicted molar refractivity (Wildman–Crippen MR) is 74.1 cm³/mol. The lowest BCUT2D eigenvalue weighted by atomic mass is 9.88. The summed E-state index contributed by atoms with van der Waals surface area (Å²) in [5.41, 5.74) is 6.70. The van der Waals surface area contributed by atoms with Crippen LogP contribution in [0.5, 0.6) is 11.5 Å². The van der Waals surface area contributed by atoms with Crippen LogP contribution >= 0.6 is 0 Å². The Morgan fingerprint density at radius 3 is 2.67 bits per heavy atom. The zero-order valence-corrected chi connectivity index (χ0v) is 11.3. The van der Waals surface area contributed by atoms with Crippen molar-refractivity contribution in [2.45, 2.75) is 45.6 Å². The van der Waals surface area contributed by atoms with Crippen molar-refractivity contribution in [3.05, 3.63) is 18.2 Å². The summed E-state index contributed by atoms with van der Waals surface area (Å²) in [4.78, 5) is 0. The lowest BCUT2D eigenvalue weighted by molar-refractivity contribution is 0.103. The summed E-state index contributed by atoms with van der Waals surface area (Å²) in [5.74, 6) is 2.09. The van der Waals surface area contributed by atoms with Crippen molar-refractivity contribution in [3.63, 3.8) is 0 Å². The standard InChI is InChI=1S/C15H23NO2/c1-3-17-13-9-6-10-14(15(13)16)18-12-8-5-4-7-11(12)2/h6,9-12H,3-5,7-8,16H2,1-2H3. The van der Waals surface area contributed by atoms with Gasteiger partial charge in [-0.05, 0) is 44.2 Å². The monoisotopic (exact) mass is 249 g/mol. The molecule has 1 aliphatic rings. The molecule has 3 heteroatoms. The molecule has 0 aromatic heterocycles. The Balaban J connectivity index is 2.10. The van der Waals surface area contributed by atoms with E-state index >= 15 is 0 Å². The van der Waals surface area contributed by atoms with E-state index in [0.717, 1.165) is 17.9 Å². The molecule has 0 spiro atoms. The first-order valence-corrected chi connectivity index (χ1v) is 6.90. The van der Waals surface area contributed by atoms with Crippen molar-refractivity contribution in [2.75, 3.05) is 12.3 Å². The van der Waals surface area contributed by atoms with Gasteiger partial charge in [-0.1, -0.05) is 19.4 Å². The molecule has 3 nitrogen and oxygen atoms in total. The van der Waals surface area contributed by atoms with Crippen molar-refractivity contribution in [3.8, 4) is 11.5 Å². The molecule has 1 aromatic rings. The lowest BCUT2D eigenvalue weighted by Crippen LogP contribution is -2.28. The molecular weight excluding hydrogens is 226 g/mol. The van der Waals surface area contributed by atoms with Crippen LogP contribution in [0.4, 0.5) is 5.69 Å².